The molecule has 0 saturated carbocycles. The van der Waals surface area contributed by atoms with E-state index >= 15 is 4.79 Å². The standard InChI is InChI=1S/C44H57N3O11S/c1-22-16-27-13-15-47-29(32-23(2)36(48)24(3)39-40(32)56-21-55-39)19-54-41(50)44(20-59-25(4)34(47)35(46(8)9)33(27)37(49)38(22)53-11)28-18-30(52-10)31(17-26(28)12-14-45-44)57-42(51)58-43(5,6)7/h16-18,25,29,34-35,45,48-49H,12-15,19-21H2,1-11H3/t25?,29?,34?,35?,44-/m1/s1. The van der Waals surface area contributed by atoms with Gasteiger partial charge < -0.3 is 48.3 Å². The molecule has 59 heavy (non-hydrogen) atoms. The average Bonchev–Trinajstić information content (AvgIpc) is 3.59. The van der Waals surface area contributed by atoms with Crippen LogP contribution < -0.4 is 29.0 Å². The average molecular weight is 836 g/mol. The maximum atomic E-state index is 15.0. The van der Waals surface area contributed by atoms with Crippen molar-refractivity contribution in [2.75, 3.05) is 60.6 Å². The summed E-state index contributed by atoms with van der Waals surface area (Å²) in [6.07, 6.45) is 0.262. The van der Waals surface area contributed by atoms with Crippen molar-refractivity contribution in [2.24, 2.45) is 0 Å². The third-order valence-corrected chi connectivity index (χ3v) is 13.4. The molecule has 0 radical (unpaired) electrons. The van der Waals surface area contributed by atoms with Crippen molar-refractivity contribution >= 4 is 23.9 Å². The summed E-state index contributed by atoms with van der Waals surface area (Å²) in [5, 5.41) is 27.0. The Morgan fingerprint density at radius 3 is 2.36 bits per heavy atom. The van der Waals surface area contributed by atoms with Crippen LogP contribution in [-0.2, 0) is 32.6 Å². The molecule has 4 heterocycles. The second kappa shape index (κ2) is 16.1. The van der Waals surface area contributed by atoms with Crippen LogP contribution in [0.4, 0.5) is 4.79 Å². The first-order valence-corrected chi connectivity index (χ1v) is 21.1. The van der Waals surface area contributed by atoms with Crippen LogP contribution in [0.1, 0.15) is 84.3 Å². The number of cyclic esters (lactones) is 1. The molecule has 4 aliphatic heterocycles. The highest BCUT2D eigenvalue weighted by atomic mass is 32.2. The summed E-state index contributed by atoms with van der Waals surface area (Å²) in [7, 11) is 7.07. The molecule has 3 N–H and O–H groups in total. The van der Waals surface area contributed by atoms with Gasteiger partial charge in [-0.05, 0) is 108 Å². The molecule has 15 heteroatoms. The van der Waals surface area contributed by atoms with Gasteiger partial charge >= 0.3 is 12.1 Å². The maximum absolute atomic E-state index is 15.0. The van der Waals surface area contributed by atoms with Gasteiger partial charge in [-0.2, -0.15) is 11.8 Å². The van der Waals surface area contributed by atoms with Gasteiger partial charge in [0.1, 0.15) is 18.0 Å². The number of phenols is 2. The van der Waals surface area contributed by atoms with Crippen LogP contribution >= 0.6 is 11.8 Å². The number of carbonyl (C=O) groups is 2. The van der Waals surface area contributed by atoms with Crippen LogP contribution in [-0.4, -0.2) is 110 Å². The van der Waals surface area contributed by atoms with E-state index in [2.05, 4.69) is 28.1 Å². The molecule has 14 nitrogen and oxygen atoms in total. The molecule has 0 aromatic heterocycles. The summed E-state index contributed by atoms with van der Waals surface area (Å²) in [5.74, 6) is 1.85. The van der Waals surface area contributed by atoms with E-state index in [1.165, 1.54) is 7.11 Å². The molecule has 0 bridgehead atoms. The Morgan fingerprint density at radius 1 is 0.949 bits per heavy atom. The number of hydrogen-bond donors (Lipinski definition) is 3. The van der Waals surface area contributed by atoms with E-state index in [4.69, 9.17) is 33.2 Å². The van der Waals surface area contributed by atoms with Gasteiger partial charge in [0, 0.05) is 46.8 Å². The van der Waals surface area contributed by atoms with Gasteiger partial charge in [0.25, 0.3) is 0 Å². The lowest BCUT2D eigenvalue weighted by Gasteiger charge is -2.48. The number of carbonyl (C=O) groups excluding carboxylic acids is 2. The molecule has 4 unspecified atom stereocenters. The monoisotopic (exact) mass is 835 g/mol. The van der Waals surface area contributed by atoms with Crippen molar-refractivity contribution < 1.29 is 53.0 Å². The predicted octanol–water partition coefficient (Wildman–Crippen LogP) is 6.37. The summed E-state index contributed by atoms with van der Waals surface area (Å²) >= 11 is 1.63. The van der Waals surface area contributed by atoms with E-state index in [1.54, 1.807) is 58.7 Å². The molecular formula is C44H57N3O11S. The third-order valence-electron chi connectivity index (χ3n) is 12.0. The minimum Gasteiger partial charge on any atom is -0.507 e. The van der Waals surface area contributed by atoms with Gasteiger partial charge in [0.2, 0.25) is 6.79 Å². The Kier molecular flexibility index (Phi) is 11.6. The van der Waals surface area contributed by atoms with Gasteiger partial charge in [-0.15, -0.1) is 0 Å². The zero-order valence-electron chi connectivity index (χ0n) is 35.9. The van der Waals surface area contributed by atoms with Crippen molar-refractivity contribution in [3.05, 3.63) is 62.7 Å². The molecule has 7 rings (SSSR count). The summed E-state index contributed by atoms with van der Waals surface area (Å²) < 4.78 is 41.3. The van der Waals surface area contributed by atoms with Crippen LogP contribution in [0.5, 0.6) is 40.2 Å². The highest BCUT2D eigenvalue weighted by molar-refractivity contribution is 8.00. The smallest absolute Gasteiger partial charge is 0.507 e. The number of benzene rings is 3. The summed E-state index contributed by atoms with van der Waals surface area (Å²) in [5.41, 5.74) is 3.83. The molecule has 3 aromatic rings. The first-order valence-electron chi connectivity index (χ1n) is 20.0. The Bertz CT molecular complexity index is 2150. The number of likely N-dealkylation sites (N-methyl/N-ethyl adjacent to an activating group) is 1. The normalized spacial score (nSPS) is 24.4. The van der Waals surface area contributed by atoms with Crippen LogP contribution in [0.25, 0.3) is 0 Å². The van der Waals surface area contributed by atoms with Gasteiger partial charge in [-0.3, -0.25) is 10.2 Å². The molecular weight excluding hydrogens is 779 g/mol. The number of fused-ring (bicyclic) bond motifs is 5. The third kappa shape index (κ3) is 7.48. The Balaban J connectivity index is 1.40. The fraction of sp³-hybridized carbons (Fsp3) is 0.545. The molecule has 1 spiro atoms. The van der Waals surface area contributed by atoms with Gasteiger partial charge in [-0.1, -0.05) is 13.0 Å². The molecule has 1 saturated heterocycles. The highest BCUT2D eigenvalue weighted by Gasteiger charge is 2.51. The number of aromatic hydroxyl groups is 2. The lowest BCUT2D eigenvalue weighted by molar-refractivity contribution is -0.154. The summed E-state index contributed by atoms with van der Waals surface area (Å²) in [4.78, 5) is 32.3. The fourth-order valence-electron chi connectivity index (χ4n) is 9.37. The second-order valence-corrected chi connectivity index (χ2v) is 18.4. The quantitative estimate of drug-likeness (QED) is 0.192. The van der Waals surface area contributed by atoms with Crippen molar-refractivity contribution in [1.29, 1.82) is 0 Å². The minimum absolute atomic E-state index is 0.0156. The van der Waals surface area contributed by atoms with E-state index in [0.29, 0.717) is 65.4 Å². The maximum Gasteiger partial charge on any atom is 0.514 e. The Morgan fingerprint density at radius 2 is 1.68 bits per heavy atom. The van der Waals surface area contributed by atoms with E-state index in [1.807, 2.05) is 27.9 Å². The number of ether oxygens (including phenoxy) is 7. The molecule has 3 aromatic carbocycles. The van der Waals surface area contributed by atoms with Crippen molar-refractivity contribution in [3.63, 3.8) is 0 Å². The Hall–Kier alpha value is -4.57. The van der Waals surface area contributed by atoms with E-state index < -0.39 is 29.3 Å². The molecule has 4 aliphatic rings. The number of nitrogens with zero attached hydrogens (tertiary/aromatic N) is 2. The SMILES string of the molecule is COc1cc2c(cc1OC(=O)OC(C)(C)C)CCN[C@]21CSC(C)C2C(N(C)C)c3c(cc(C)c(OC)c3O)CCN2C(c2c(C)c(O)c(C)c3c2OCO3)COC1=O. The number of esters is 1. The fourth-order valence-corrected chi connectivity index (χ4v) is 10.8. The molecule has 1 fully saturated rings. The van der Waals surface area contributed by atoms with Crippen LogP contribution in [0.2, 0.25) is 0 Å². The number of rotatable bonds is 5. The summed E-state index contributed by atoms with van der Waals surface area (Å²) in [6.45, 7) is 13.9. The topological polar surface area (TPSA) is 158 Å². The number of hydrogen-bond acceptors (Lipinski definition) is 15. The first-order chi connectivity index (χ1) is 27.9. The molecule has 5 atom stereocenters. The molecule has 0 aliphatic carbocycles. The summed E-state index contributed by atoms with van der Waals surface area (Å²) in [6, 6.07) is 4.32. The van der Waals surface area contributed by atoms with Gasteiger partial charge in [0.15, 0.2) is 40.0 Å². The zero-order valence-corrected chi connectivity index (χ0v) is 36.7. The zero-order chi connectivity index (χ0) is 42.7. The lowest BCUT2D eigenvalue weighted by Crippen LogP contribution is -2.58. The van der Waals surface area contributed by atoms with Crippen LogP contribution in [0.3, 0.4) is 0 Å². The number of nitrogens with one attached hydrogen (secondary N) is 1. The predicted molar refractivity (Wildman–Crippen MR) is 223 cm³/mol. The van der Waals surface area contributed by atoms with Crippen LogP contribution in [0, 0.1) is 20.8 Å². The van der Waals surface area contributed by atoms with Crippen molar-refractivity contribution in [1.82, 2.24) is 15.1 Å². The second-order valence-electron chi connectivity index (χ2n) is 17.1. The Labute approximate surface area is 350 Å². The lowest BCUT2D eigenvalue weighted by atomic mass is 9.83. The van der Waals surface area contributed by atoms with Gasteiger partial charge in [0.05, 0.1) is 26.3 Å². The van der Waals surface area contributed by atoms with E-state index in [9.17, 15) is 15.0 Å². The van der Waals surface area contributed by atoms with E-state index in [0.717, 1.165) is 22.3 Å². The first kappa shape index (κ1) is 42.6. The highest BCUT2D eigenvalue weighted by Crippen LogP contribution is 2.53. The van der Waals surface area contributed by atoms with Crippen molar-refractivity contribution in [3.8, 4) is 40.2 Å². The number of methoxy groups -OCH3 is 2. The number of phenolic OH excluding ortho intramolecular Hbond substituents is 2. The number of aryl methyl sites for hydroxylation is 1. The minimum atomic E-state index is -1.33. The molecule has 320 valence electrons. The van der Waals surface area contributed by atoms with Gasteiger partial charge in [-0.25, -0.2) is 9.59 Å². The number of thioether (sulfide) groups is 1. The van der Waals surface area contributed by atoms with Crippen molar-refractivity contribution in [2.45, 2.75) is 95.8 Å². The molecule has 0 amide bonds. The van der Waals surface area contributed by atoms with E-state index in [-0.39, 0.29) is 59.5 Å². The largest absolute Gasteiger partial charge is 0.514 e. The van der Waals surface area contributed by atoms with Crippen LogP contribution in [0.15, 0.2) is 18.2 Å².